The van der Waals surface area contributed by atoms with Crippen LogP contribution in [0.1, 0.15) is 46.5 Å². The minimum Gasteiger partial charge on any atom is -0.444 e. The normalized spacial score (nSPS) is 24.7. The van der Waals surface area contributed by atoms with Crippen LogP contribution in [0, 0.1) is 0 Å². The second-order valence-corrected chi connectivity index (χ2v) is 6.47. The molecule has 0 aliphatic heterocycles. The van der Waals surface area contributed by atoms with E-state index in [0.717, 1.165) is 37.6 Å². The van der Waals surface area contributed by atoms with Gasteiger partial charge in [0, 0.05) is 11.4 Å². The number of halogens is 1. The fourth-order valence-corrected chi connectivity index (χ4v) is 2.25. The van der Waals surface area contributed by atoms with E-state index in [2.05, 4.69) is 21.2 Å². The lowest BCUT2D eigenvalue weighted by atomic mass is 9.93. The minimum atomic E-state index is -0.430. The van der Waals surface area contributed by atoms with Crippen LogP contribution in [0.4, 0.5) is 4.79 Å². The van der Waals surface area contributed by atoms with Crippen LogP contribution in [-0.4, -0.2) is 35.8 Å². The van der Waals surface area contributed by atoms with Gasteiger partial charge in [-0.15, -0.1) is 0 Å². The summed E-state index contributed by atoms with van der Waals surface area (Å²) in [6.45, 7) is 6.38. The molecule has 0 saturated heterocycles. The number of alkyl halides is 1. The Morgan fingerprint density at radius 2 is 1.89 bits per heavy atom. The van der Waals surface area contributed by atoms with Gasteiger partial charge in [0.1, 0.15) is 5.60 Å². The third-order valence-corrected chi connectivity index (χ3v) is 3.15. The molecule has 1 aliphatic carbocycles. The number of carbonyl (C=O) groups excluding carboxylic acids is 1. The zero-order chi connectivity index (χ0) is 13.6. The lowest BCUT2D eigenvalue weighted by Gasteiger charge is -2.30. The van der Waals surface area contributed by atoms with Gasteiger partial charge in [-0.1, -0.05) is 15.9 Å². The number of rotatable bonds is 4. The molecular weight excluding hydrogens is 298 g/mol. The Kier molecular flexibility index (Phi) is 6.43. The quantitative estimate of drug-likeness (QED) is 0.809. The number of nitrogens with one attached hydrogen (secondary N) is 1. The maximum atomic E-state index is 11.6. The molecule has 0 unspecified atom stereocenters. The summed E-state index contributed by atoms with van der Waals surface area (Å²) in [6.07, 6.45) is 3.98. The lowest BCUT2D eigenvalue weighted by molar-refractivity contribution is 0.0255. The van der Waals surface area contributed by atoms with Crippen LogP contribution in [0.2, 0.25) is 0 Å². The van der Waals surface area contributed by atoms with Crippen molar-refractivity contribution in [1.29, 1.82) is 0 Å². The number of ether oxygens (including phenoxy) is 2. The Balaban J connectivity index is 2.21. The van der Waals surface area contributed by atoms with Crippen LogP contribution in [0.25, 0.3) is 0 Å². The largest absolute Gasteiger partial charge is 0.444 e. The van der Waals surface area contributed by atoms with Gasteiger partial charge in [0.25, 0.3) is 0 Å². The van der Waals surface area contributed by atoms with Crippen molar-refractivity contribution in [1.82, 2.24) is 5.32 Å². The summed E-state index contributed by atoms with van der Waals surface area (Å²) < 4.78 is 10.9. The van der Waals surface area contributed by atoms with Crippen molar-refractivity contribution in [2.45, 2.75) is 64.2 Å². The zero-order valence-corrected chi connectivity index (χ0v) is 13.1. The average Bonchev–Trinajstić information content (AvgIpc) is 2.25. The zero-order valence-electron chi connectivity index (χ0n) is 11.5. The van der Waals surface area contributed by atoms with Gasteiger partial charge in [-0.3, -0.25) is 0 Å². The van der Waals surface area contributed by atoms with E-state index in [0.29, 0.717) is 6.10 Å². The fraction of sp³-hybridized carbons (Fsp3) is 0.923. The van der Waals surface area contributed by atoms with Gasteiger partial charge in [-0.2, -0.15) is 0 Å². The molecule has 4 nitrogen and oxygen atoms in total. The molecule has 0 bridgehead atoms. The number of hydrogen-bond donors (Lipinski definition) is 1. The fourth-order valence-electron chi connectivity index (χ4n) is 2.06. The Labute approximate surface area is 118 Å². The third kappa shape index (κ3) is 6.59. The molecule has 0 spiro atoms. The molecule has 0 heterocycles. The molecule has 1 aliphatic rings. The minimum absolute atomic E-state index is 0.226. The van der Waals surface area contributed by atoms with Crippen molar-refractivity contribution in [3.8, 4) is 0 Å². The number of hydrogen-bond acceptors (Lipinski definition) is 3. The Hall–Kier alpha value is -0.290. The predicted molar refractivity (Wildman–Crippen MR) is 75.2 cm³/mol. The van der Waals surface area contributed by atoms with E-state index in [-0.39, 0.29) is 12.1 Å². The molecule has 0 atom stereocenters. The first-order valence-corrected chi connectivity index (χ1v) is 7.70. The monoisotopic (exact) mass is 321 g/mol. The van der Waals surface area contributed by atoms with E-state index in [9.17, 15) is 4.79 Å². The summed E-state index contributed by atoms with van der Waals surface area (Å²) >= 11 is 3.35. The number of carbonyl (C=O) groups is 1. The second-order valence-electron chi connectivity index (χ2n) is 5.68. The number of alkyl carbamates (subject to hydrolysis) is 1. The first-order valence-electron chi connectivity index (χ1n) is 6.58. The molecular formula is C13H24BrNO3. The van der Waals surface area contributed by atoms with Crippen LogP contribution >= 0.6 is 15.9 Å². The standard InChI is InChI=1S/C13H24BrNO3/c1-13(2,3)18-12(16)15-10-4-6-11(7-5-10)17-9-8-14/h10-11H,4-9H2,1-3H3,(H,15,16). The number of amides is 1. The highest BCUT2D eigenvalue weighted by Gasteiger charge is 2.24. The highest BCUT2D eigenvalue weighted by Crippen LogP contribution is 2.21. The van der Waals surface area contributed by atoms with Gasteiger partial charge in [-0.05, 0) is 46.5 Å². The maximum Gasteiger partial charge on any atom is 0.407 e. The lowest BCUT2D eigenvalue weighted by Crippen LogP contribution is -2.41. The molecule has 18 heavy (non-hydrogen) atoms. The van der Waals surface area contributed by atoms with Crippen molar-refractivity contribution >= 4 is 22.0 Å². The molecule has 0 radical (unpaired) electrons. The third-order valence-electron chi connectivity index (χ3n) is 2.83. The van der Waals surface area contributed by atoms with Crippen LogP contribution < -0.4 is 5.32 Å². The summed E-state index contributed by atoms with van der Waals surface area (Å²) in [5.41, 5.74) is -0.430. The second kappa shape index (κ2) is 7.34. The van der Waals surface area contributed by atoms with E-state index in [1.165, 1.54) is 0 Å². The van der Waals surface area contributed by atoms with Crippen LogP contribution in [0.15, 0.2) is 0 Å². The highest BCUT2D eigenvalue weighted by molar-refractivity contribution is 9.09. The van der Waals surface area contributed by atoms with Gasteiger partial charge >= 0.3 is 6.09 Å². The molecule has 1 amide bonds. The van der Waals surface area contributed by atoms with Crippen LogP contribution in [0.3, 0.4) is 0 Å². The molecule has 0 aromatic rings. The molecule has 1 rings (SSSR count). The molecule has 106 valence electrons. The van der Waals surface area contributed by atoms with Gasteiger partial charge in [0.15, 0.2) is 0 Å². The maximum absolute atomic E-state index is 11.6. The summed E-state index contributed by atoms with van der Waals surface area (Å²) in [7, 11) is 0. The van der Waals surface area contributed by atoms with Gasteiger partial charge in [0.05, 0.1) is 12.7 Å². The highest BCUT2D eigenvalue weighted by atomic mass is 79.9. The molecule has 5 heteroatoms. The summed E-state index contributed by atoms with van der Waals surface area (Å²) in [5.74, 6) is 0. The van der Waals surface area contributed by atoms with E-state index in [4.69, 9.17) is 9.47 Å². The molecule has 1 saturated carbocycles. The van der Waals surface area contributed by atoms with Crippen molar-refractivity contribution < 1.29 is 14.3 Å². The summed E-state index contributed by atoms with van der Waals surface area (Å²) in [6, 6.07) is 0.226. The SMILES string of the molecule is CC(C)(C)OC(=O)NC1CCC(OCCBr)CC1. The Morgan fingerprint density at radius 1 is 1.28 bits per heavy atom. The average molecular weight is 322 g/mol. The first kappa shape index (κ1) is 15.8. The van der Waals surface area contributed by atoms with Gasteiger partial charge in [-0.25, -0.2) is 4.79 Å². The molecule has 1 N–H and O–H groups in total. The molecule has 0 aromatic carbocycles. The first-order chi connectivity index (χ1) is 8.40. The Bertz CT molecular complexity index is 257. The van der Waals surface area contributed by atoms with E-state index in [1.54, 1.807) is 0 Å². The van der Waals surface area contributed by atoms with Gasteiger partial charge in [0.2, 0.25) is 0 Å². The topological polar surface area (TPSA) is 47.6 Å². The Morgan fingerprint density at radius 3 is 2.39 bits per heavy atom. The van der Waals surface area contributed by atoms with Gasteiger partial charge < -0.3 is 14.8 Å². The van der Waals surface area contributed by atoms with Crippen LogP contribution in [-0.2, 0) is 9.47 Å². The van der Waals surface area contributed by atoms with E-state index in [1.807, 2.05) is 20.8 Å². The van der Waals surface area contributed by atoms with Crippen molar-refractivity contribution in [2.24, 2.45) is 0 Å². The summed E-state index contributed by atoms with van der Waals surface area (Å²) in [4.78, 5) is 11.6. The van der Waals surface area contributed by atoms with Crippen molar-refractivity contribution in [3.05, 3.63) is 0 Å². The van der Waals surface area contributed by atoms with E-state index < -0.39 is 5.60 Å². The molecule has 0 aromatic heterocycles. The van der Waals surface area contributed by atoms with Crippen LogP contribution in [0.5, 0.6) is 0 Å². The van der Waals surface area contributed by atoms with Crippen molar-refractivity contribution in [3.63, 3.8) is 0 Å². The van der Waals surface area contributed by atoms with E-state index >= 15 is 0 Å². The smallest absolute Gasteiger partial charge is 0.407 e. The summed E-state index contributed by atoms with van der Waals surface area (Å²) in [5, 5.41) is 3.80. The predicted octanol–water partition coefficient (Wildman–Crippen LogP) is 3.23. The molecule has 1 fully saturated rings. The van der Waals surface area contributed by atoms with Crippen molar-refractivity contribution in [2.75, 3.05) is 11.9 Å².